The summed E-state index contributed by atoms with van der Waals surface area (Å²) in [4.78, 5) is 17.4. The Morgan fingerprint density at radius 2 is 1.83 bits per heavy atom. The molecule has 0 bridgehead atoms. The molecule has 11 heteroatoms. The number of pyridine rings is 1. The molecule has 2 heterocycles. The normalized spacial score (nSPS) is 17.3. The molecule has 2 aromatic rings. The van der Waals surface area contributed by atoms with E-state index >= 15 is 0 Å². The van der Waals surface area contributed by atoms with Crippen LogP contribution in [0.1, 0.15) is 23.1 Å². The molecule has 0 saturated carbocycles. The van der Waals surface area contributed by atoms with Crippen molar-refractivity contribution in [1.29, 1.82) is 0 Å². The van der Waals surface area contributed by atoms with E-state index in [9.17, 15) is 35.5 Å². The average molecular weight is 435 g/mol. The summed E-state index contributed by atoms with van der Waals surface area (Å²) in [5.41, 5.74) is -1.94. The van der Waals surface area contributed by atoms with E-state index in [4.69, 9.17) is 0 Å². The highest BCUT2D eigenvalue weighted by Crippen LogP contribution is 2.32. The molecule has 3 rings (SSSR count). The topological polar surface area (TPSA) is 45.2 Å². The molecule has 4 nitrogen and oxygen atoms in total. The zero-order valence-corrected chi connectivity index (χ0v) is 15.3. The molecule has 1 aliphatic heterocycles. The molecule has 0 spiro atoms. The Kier molecular flexibility index (Phi) is 5.91. The van der Waals surface area contributed by atoms with Crippen molar-refractivity contribution in [3.05, 3.63) is 59.2 Å². The molecule has 30 heavy (non-hydrogen) atoms. The number of amides is 1. The first-order valence-electron chi connectivity index (χ1n) is 8.85. The van der Waals surface area contributed by atoms with E-state index in [2.05, 4.69) is 10.3 Å². The Morgan fingerprint density at radius 3 is 2.47 bits per heavy atom. The summed E-state index contributed by atoms with van der Waals surface area (Å²) in [5.74, 6) is -1.99. The van der Waals surface area contributed by atoms with Crippen molar-refractivity contribution in [3.63, 3.8) is 0 Å². The van der Waals surface area contributed by atoms with Crippen LogP contribution < -0.4 is 10.2 Å². The predicted octanol–water partition coefficient (Wildman–Crippen LogP) is 4.20. The Bertz CT molecular complexity index is 927. The van der Waals surface area contributed by atoms with Crippen molar-refractivity contribution in [1.82, 2.24) is 10.3 Å². The second-order valence-corrected chi connectivity index (χ2v) is 6.92. The monoisotopic (exact) mass is 435 g/mol. The molecule has 0 radical (unpaired) electrons. The van der Waals surface area contributed by atoms with E-state index in [1.807, 2.05) is 0 Å². The van der Waals surface area contributed by atoms with E-state index in [0.717, 1.165) is 18.3 Å². The van der Waals surface area contributed by atoms with Gasteiger partial charge in [0.25, 0.3) is 0 Å². The van der Waals surface area contributed by atoms with Crippen molar-refractivity contribution in [2.75, 3.05) is 18.0 Å². The van der Waals surface area contributed by atoms with Crippen LogP contribution in [0.25, 0.3) is 0 Å². The maximum absolute atomic E-state index is 13.6. The van der Waals surface area contributed by atoms with Gasteiger partial charge in [-0.2, -0.15) is 26.3 Å². The smallest absolute Gasteiger partial charge is 0.368 e. The summed E-state index contributed by atoms with van der Waals surface area (Å²) < 4.78 is 89.9. The van der Waals surface area contributed by atoms with Gasteiger partial charge >= 0.3 is 12.4 Å². The van der Waals surface area contributed by atoms with Crippen LogP contribution in [0.15, 0.2) is 36.7 Å². The van der Waals surface area contributed by atoms with Gasteiger partial charge in [0.05, 0.1) is 29.4 Å². The molecule has 1 N–H and O–H groups in total. The van der Waals surface area contributed by atoms with Gasteiger partial charge in [-0.25, -0.2) is 4.39 Å². The third-order valence-corrected chi connectivity index (χ3v) is 4.67. The summed E-state index contributed by atoms with van der Waals surface area (Å²) in [6.45, 7) is 0.638. The number of hydrogen-bond donors (Lipinski definition) is 1. The Morgan fingerprint density at radius 1 is 1.10 bits per heavy atom. The Hall–Kier alpha value is -2.85. The number of carbonyl (C=O) groups is 1. The van der Waals surface area contributed by atoms with Gasteiger partial charge in [-0.15, -0.1) is 0 Å². The van der Waals surface area contributed by atoms with E-state index < -0.39 is 35.2 Å². The van der Waals surface area contributed by atoms with Crippen LogP contribution in [0.2, 0.25) is 0 Å². The first kappa shape index (κ1) is 21.8. The number of anilines is 1. The molecule has 1 saturated heterocycles. The predicted molar refractivity (Wildman–Crippen MR) is 93.1 cm³/mol. The zero-order valence-electron chi connectivity index (χ0n) is 15.3. The number of hydrogen-bond acceptors (Lipinski definition) is 3. The summed E-state index contributed by atoms with van der Waals surface area (Å²) in [6.07, 6.45) is -7.18. The maximum Gasteiger partial charge on any atom is 0.419 e. The average Bonchev–Trinajstić information content (AvgIpc) is 3.08. The van der Waals surface area contributed by atoms with Gasteiger partial charge < -0.3 is 10.2 Å². The first-order chi connectivity index (χ1) is 13.9. The van der Waals surface area contributed by atoms with Crippen LogP contribution >= 0.6 is 0 Å². The number of halogens is 7. The third-order valence-electron chi connectivity index (χ3n) is 4.67. The number of aromatic nitrogens is 1. The van der Waals surface area contributed by atoms with Crippen molar-refractivity contribution in [3.8, 4) is 0 Å². The molecule has 1 aromatic heterocycles. The summed E-state index contributed by atoms with van der Waals surface area (Å²) in [6, 6.07) is 2.88. The van der Waals surface area contributed by atoms with Crippen molar-refractivity contribution >= 4 is 11.6 Å². The minimum atomic E-state index is -4.82. The number of rotatable bonds is 4. The first-order valence-corrected chi connectivity index (χ1v) is 8.85. The number of alkyl halides is 6. The second kappa shape index (κ2) is 8.11. The largest absolute Gasteiger partial charge is 0.419 e. The lowest BCUT2D eigenvalue weighted by Crippen LogP contribution is -2.38. The molecular weight excluding hydrogens is 419 g/mol. The number of carbonyl (C=O) groups excluding carboxylic acids is 1. The molecule has 1 amide bonds. The van der Waals surface area contributed by atoms with Gasteiger partial charge in [-0.3, -0.25) is 9.78 Å². The number of nitrogens with zero attached hydrogens (tertiary/aromatic N) is 2. The molecule has 1 aromatic carbocycles. The van der Waals surface area contributed by atoms with Gasteiger partial charge in [0.15, 0.2) is 0 Å². The Labute approximate surface area is 166 Å². The Balaban J connectivity index is 1.58. The number of nitrogens with one attached hydrogen (secondary N) is 1. The van der Waals surface area contributed by atoms with E-state index in [1.165, 1.54) is 6.20 Å². The van der Waals surface area contributed by atoms with Gasteiger partial charge in [-0.05, 0) is 30.2 Å². The van der Waals surface area contributed by atoms with Crippen LogP contribution in [-0.4, -0.2) is 30.0 Å². The van der Waals surface area contributed by atoms with E-state index in [1.54, 1.807) is 4.90 Å². The van der Waals surface area contributed by atoms with Gasteiger partial charge in [0.1, 0.15) is 5.82 Å². The molecule has 162 valence electrons. The summed E-state index contributed by atoms with van der Waals surface area (Å²) in [5, 5.41) is 2.67. The van der Waals surface area contributed by atoms with Gasteiger partial charge in [0, 0.05) is 25.3 Å². The lowest BCUT2D eigenvalue weighted by molar-refractivity contribution is -0.140. The molecule has 1 atom stereocenters. The quantitative estimate of drug-likeness (QED) is 0.733. The van der Waals surface area contributed by atoms with Crippen molar-refractivity contribution < 1.29 is 35.5 Å². The van der Waals surface area contributed by atoms with E-state index in [-0.39, 0.29) is 30.3 Å². The second-order valence-electron chi connectivity index (χ2n) is 6.92. The van der Waals surface area contributed by atoms with E-state index in [0.29, 0.717) is 25.1 Å². The van der Waals surface area contributed by atoms with Gasteiger partial charge in [-0.1, -0.05) is 6.07 Å². The fourth-order valence-electron chi connectivity index (χ4n) is 3.23. The lowest BCUT2D eigenvalue weighted by Gasteiger charge is -2.20. The SMILES string of the molecule is O=C(Cc1ccc(C(F)(F)F)c(F)c1)N[C@@H]1CCN(c2cncc(C(F)(F)F)c2)C1. The summed E-state index contributed by atoms with van der Waals surface area (Å²) in [7, 11) is 0. The highest BCUT2D eigenvalue weighted by molar-refractivity contribution is 5.79. The highest BCUT2D eigenvalue weighted by Gasteiger charge is 2.34. The molecule has 0 aliphatic carbocycles. The van der Waals surface area contributed by atoms with Crippen molar-refractivity contribution in [2.24, 2.45) is 0 Å². The zero-order chi connectivity index (χ0) is 22.1. The molecule has 1 aliphatic rings. The minimum absolute atomic E-state index is 0.0786. The van der Waals surface area contributed by atoms with Crippen molar-refractivity contribution in [2.45, 2.75) is 31.2 Å². The highest BCUT2D eigenvalue weighted by atomic mass is 19.4. The fourth-order valence-corrected chi connectivity index (χ4v) is 3.23. The standard InChI is InChI=1S/C19H16F7N3O/c20-16-5-11(1-2-15(16)19(24,25)26)6-17(30)28-13-3-4-29(10-13)14-7-12(8-27-9-14)18(21,22)23/h1-2,5,7-9,13H,3-4,6,10H2,(H,28,30)/t13-/m1/s1. The molecular formula is C19H16F7N3O. The summed E-state index contributed by atoms with van der Waals surface area (Å²) >= 11 is 0. The maximum atomic E-state index is 13.6. The third kappa shape index (κ3) is 5.19. The lowest BCUT2D eigenvalue weighted by atomic mass is 10.1. The van der Waals surface area contributed by atoms with Crippen LogP contribution in [0, 0.1) is 5.82 Å². The minimum Gasteiger partial charge on any atom is -0.368 e. The van der Waals surface area contributed by atoms with Crippen LogP contribution in [0.3, 0.4) is 0 Å². The van der Waals surface area contributed by atoms with Crippen LogP contribution in [-0.2, 0) is 23.6 Å². The van der Waals surface area contributed by atoms with Crippen LogP contribution in [0.5, 0.6) is 0 Å². The van der Waals surface area contributed by atoms with Gasteiger partial charge in [0.2, 0.25) is 5.91 Å². The molecule has 1 fully saturated rings. The number of benzene rings is 1. The molecule has 0 unspecified atom stereocenters. The van der Waals surface area contributed by atoms with Crippen LogP contribution in [0.4, 0.5) is 36.4 Å². The fraction of sp³-hybridized carbons (Fsp3) is 0.368.